The molecule has 0 saturated heterocycles. The van der Waals surface area contributed by atoms with Crippen molar-refractivity contribution in [2.45, 2.75) is 39.7 Å². The Balaban J connectivity index is 2.95. The van der Waals surface area contributed by atoms with E-state index in [9.17, 15) is 5.11 Å². The summed E-state index contributed by atoms with van der Waals surface area (Å²) in [6.07, 6.45) is 0.709. The average Bonchev–Trinajstić information content (AvgIpc) is 1.99. The molecule has 0 aliphatic carbocycles. The van der Waals surface area contributed by atoms with Crippen molar-refractivity contribution in [3.8, 4) is 0 Å². The predicted molar refractivity (Wildman–Crippen MR) is 65.1 cm³/mol. The standard InChI is InChI=1S/C13H19ClO/c1-12(2,3)9-13(4,15)10-6-5-7-11(14)8-10/h5-8,15H,9H2,1-4H3. The fourth-order valence-corrected chi connectivity index (χ4v) is 2.15. The smallest absolute Gasteiger partial charge is 0.0874 e. The van der Waals surface area contributed by atoms with Crippen LogP contribution in [0.2, 0.25) is 5.02 Å². The van der Waals surface area contributed by atoms with Crippen molar-refractivity contribution >= 4 is 11.6 Å². The first-order valence-electron chi connectivity index (χ1n) is 5.19. The SMILES string of the molecule is CC(C)(C)CC(C)(O)c1cccc(Cl)c1. The number of halogens is 1. The second-order valence-corrected chi connectivity index (χ2v) is 5.96. The Morgan fingerprint density at radius 1 is 1.20 bits per heavy atom. The third kappa shape index (κ3) is 3.84. The van der Waals surface area contributed by atoms with Crippen molar-refractivity contribution in [1.29, 1.82) is 0 Å². The van der Waals surface area contributed by atoms with E-state index in [2.05, 4.69) is 20.8 Å². The van der Waals surface area contributed by atoms with E-state index in [4.69, 9.17) is 11.6 Å². The third-order valence-corrected chi connectivity index (χ3v) is 2.56. The molecule has 1 aromatic carbocycles. The van der Waals surface area contributed by atoms with Crippen LogP contribution in [-0.2, 0) is 5.60 Å². The molecule has 0 aliphatic heterocycles. The van der Waals surface area contributed by atoms with Crippen molar-refractivity contribution in [3.05, 3.63) is 34.9 Å². The lowest BCUT2D eigenvalue weighted by atomic mass is 9.79. The van der Waals surface area contributed by atoms with E-state index in [0.717, 1.165) is 5.56 Å². The maximum Gasteiger partial charge on any atom is 0.0874 e. The van der Waals surface area contributed by atoms with Crippen molar-refractivity contribution < 1.29 is 5.11 Å². The molecule has 0 radical (unpaired) electrons. The molecule has 0 amide bonds. The Morgan fingerprint density at radius 2 is 1.80 bits per heavy atom. The van der Waals surface area contributed by atoms with Gasteiger partial charge >= 0.3 is 0 Å². The minimum atomic E-state index is -0.816. The van der Waals surface area contributed by atoms with E-state index >= 15 is 0 Å². The number of aliphatic hydroxyl groups is 1. The van der Waals surface area contributed by atoms with Gasteiger partial charge in [-0.05, 0) is 36.5 Å². The lowest BCUT2D eigenvalue weighted by Crippen LogP contribution is -2.27. The maximum atomic E-state index is 10.4. The number of benzene rings is 1. The molecule has 0 spiro atoms. The van der Waals surface area contributed by atoms with Crippen molar-refractivity contribution in [1.82, 2.24) is 0 Å². The average molecular weight is 227 g/mol. The molecular weight excluding hydrogens is 208 g/mol. The highest BCUT2D eigenvalue weighted by molar-refractivity contribution is 6.30. The zero-order valence-electron chi connectivity index (χ0n) is 9.84. The van der Waals surface area contributed by atoms with Gasteiger partial charge in [-0.1, -0.05) is 44.5 Å². The zero-order chi connectivity index (χ0) is 11.7. The van der Waals surface area contributed by atoms with Crippen LogP contribution in [0.4, 0.5) is 0 Å². The van der Waals surface area contributed by atoms with Gasteiger partial charge in [0.05, 0.1) is 5.60 Å². The van der Waals surface area contributed by atoms with Gasteiger partial charge in [0.15, 0.2) is 0 Å². The van der Waals surface area contributed by atoms with Crippen LogP contribution in [0, 0.1) is 5.41 Å². The maximum absolute atomic E-state index is 10.4. The molecule has 0 heterocycles. The lowest BCUT2D eigenvalue weighted by molar-refractivity contribution is 0.0151. The predicted octanol–water partition coefficient (Wildman–Crippen LogP) is 3.98. The summed E-state index contributed by atoms with van der Waals surface area (Å²) in [5, 5.41) is 11.1. The van der Waals surface area contributed by atoms with Crippen LogP contribution >= 0.6 is 11.6 Å². The first-order chi connectivity index (χ1) is 6.71. The fourth-order valence-electron chi connectivity index (χ4n) is 1.96. The van der Waals surface area contributed by atoms with E-state index in [1.54, 1.807) is 0 Å². The molecule has 0 fully saturated rings. The van der Waals surface area contributed by atoms with Crippen molar-refractivity contribution in [2.75, 3.05) is 0 Å². The largest absolute Gasteiger partial charge is 0.385 e. The quantitative estimate of drug-likeness (QED) is 0.809. The van der Waals surface area contributed by atoms with E-state index in [-0.39, 0.29) is 5.41 Å². The van der Waals surface area contributed by atoms with Crippen LogP contribution in [0.3, 0.4) is 0 Å². The van der Waals surface area contributed by atoms with Gasteiger partial charge in [0.25, 0.3) is 0 Å². The normalized spacial score (nSPS) is 16.1. The second-order valence-electron chi connectivity index (χ2n) is 5.52. The Hall–Kier alpha value is -0.530. The molecule has 2 heteroatoms. The Bertz CT molecular complexity index is 337. The van der Waals surface area contributed by atoms with E-state index in [0.29, 0.717) is 11.4 Å². The van der Waals surface area contributed by atoms with Crippen LogP contribution in [0.5, 0.6) is 0 Å². The van der Waals surface area contributed by atoms with Crippen LogP contribution < -0.4 is 0 Å². The molecule has 15 heavy (non-hydrogen) atoms. The first-order valence-corrected chi connectivity index (χ1v) is 5.57. The summed E-state index contributed by atoms with van der Waals surface area (Å²) in [6.45, 7) is 8.19. The molecule has 84 valence electrons. The summed E-state index contributed by atoms with van der Waals surface area (Å²) in [4.78, 5) is 0. The summed E-state index contributed by atoms with van der Waals surface area (Å²) in [7, 11) is 0. The number of hydrogen-bond acceptors (Lipinski definition) is 1. The summed E-state index contributed by atoms with van der Waals surface area (Å²) >= 11 is 5.91. The van der Waals surface area contributed by atoms with Crippen LogP contribution in [-0.4, -0.2) is 5.11 Å². The topological polar surface area (TPSA) is 20.2 Å². The molecule has 1 unspecified atom stereocenters. The van der Waals surface area contributed by atoms with E-state index in [1.165, 1.54) is 0 Å². The Labute approximate surface area is 97.1 Å². The van der Waals surface area contributed by atoms with Crippen LogP contribution in [0.15, 0.2) is 24.3 Å². The Kier molecular flexibility index (Phi) is 3.47. The van der Waals surface area contributed by atoms with Gasteiger partial charge in [-0.15, -0.1) is 0 Å². The summed E-state index contributed by atoms with van der Waals surface area (Å²) in [5.74, 6) is 0. The molecule has 1 atom stereocenters. The van der Waals surface area contributed by atoms with Gasteiger partial charge in [-0.25, -0.2) is 0 Å². The third-order valence-electron chi connectivity index (χ3n) is 2.32. The lowest BCUT2D eigenvalue weighted by Gasteiger charge is -2.31. The molecule has 1 aromatic rings. The molecular formula is C13H19ClO. The summed E-state index contributed by atoms with van der Waals surface area (Å²) < 4.78 is 0. The molecule has 1 rings (SSSR count). The van der Waals surface area contributed by atoms with E-state index in [1.807, 2.05) is 31.2 Å². The molecule has 0 aromatic heterocycles. The molecule has 1 nitrogen and oxygen atoms in total. The number of hydrogen-bond donors (Lipinski definition) is 1. The van der Waals surface area contributed by atoms with Crippen LogP contribution in [0.1, 0.15) is 39.7 Å². The summed E-state index contributed by atoms with van der Waals surface area (Å²) in [6, 6.07) is 7.43. The fraction of sp³-hybridized carbons (Fsp3) is 0.538. The molecule has 0 bridgehead atoms. The van der Waals surface area contributed by atoms with Gasteiger partial charge in [0, 0.05) is 5.02 Å². The minimum absolute atomic E-state index is 0.0891. The number of rotatable bonds is 2. The van der Waals surface area contributed by atoms with Gasteiger partial charge < -0.3 is 5.11 Å². The van der Waals surface area contributed by atoms with Gasteiger partial charge in [0.1, 0.15) is 0 Å². The molecule has 0 saturated carbocycles. The van der Waals surface area contributed by atoms with Gasteiger partial charge in [-0.2, -0.15) is 0 Å². The van der Waals surface area contributed by atoms with Crippen LogP contribution in [0.25, 0.3) is 0 Å². The molecule has 0 aliphatic rings. The van der Waals surface area contributed by atoms with Crippen molar-refractivity contribution in [2.24, 2.45) is 5.41 Å². The first kappa shape index (κ1) is 12.5. The Morgan fingerprint density at radius 3 is 2.27 bits per heavy atom. The second kappa shape index (κ2) is 4.15. The highest BCUT2D eigenvalue weighted by Crippen LogP contribution is 2.34. The minimum Gasteiger partial charge on any atom is -0.385 e. The van der Waals surface area contributed by atoms with Gasteiger partial charge in [-0.3, -0.25) is 0 Å². The highest BCUT2D eigenvalue weighted by Gasteiger charge is 2.29. The molecule has 1 N–H and O–H groups in total. The van der Waals surface area contributed by atoms with E-state index < -0.39 is 5.60 Å². The van der Waals surface area contributed by atoms with Gasteiger partial charge in [0.2, 0.25) is 0 Å². The van der Waals surface area contributed by atoms with Crippen molar-refractivity contribution in [3.63, 3.8) is 0 Å². The highest BCUT2D eigenvalue weighted by atomic mass is 35.5. The monoisotopic (exact) mass is 226 g/mol. The zero-order valence-corrected chi connectivity index (χ0v) is 10.6. The summed E-state index contributed by atoms with van der Waals surface area (Å²) in [5.41, 5.74) is 0.152.